The standard InChI is InChI=1S/C37H25N4OP/c42-43(26-15-17-32-25(21-26)8-6-19-38-32,27-14-13-24-7-5-20-39-34(24)22-27)28-16-18-33-36(23-28)41-35-12-4-3-10-30(35)29-9-1-2-11-31(29)37(41)40-33/h1-23,42-43H. The van der Waals surface area contributed by atoms with Crippen molar-refractivity contribution in [2.45, 2.75) is 0 Å². The second-order valence-corrected chi connectivity index (χ2v) is 14.2. The maximum atomic E-state index is 13.2. The molecule has 6 heteroatoms. The molecule has 0 atom stereocenters. The summed E-state index contributed by atoms with van der Waals surface area (Å²) in [4.78, 5) is 27.4. The van der Waals surface area contributed by atoms with E-state index in [-0.39, 0.29) is 0 Å². The van der Waals surface area contributed by atoms with E-state index in [2.05, 4.69) is 105 Å². The number of para-hydroxylation sites is 1. The Bertz CT molecular complexity index is 2480. The summed E-state index contributed by atoms with van der Waals surface area (Å²) in [6, 6.07) is 43.5. The Balaban J connectivity index is 1.38. The van der Waals surface area contributed by atoms with Crippen molar-refractivity contribution in [3.63, 3.8) is 0 Å². The van der Waals surface area contributed by atoms with E-state index in [9.17, 15) is 4.89 Å². The molecule has 9 aromatic rings. The second kappa shape index (κ2) is 9.14. The predicted octanol–water partition coefficient (Wildman–Crippen LogP) is 6.82. The van der Waals surface area contributed by atoms with E-state index >= 15 is 0 Å². The van der Waals surface area contributed by atoms with Gasteiger partial charge in [-0.05, 0) is 0 Å². The van der Waals surface area contributed by atoms with Gasteiger partial charge in [0.05, 0.1) is 0 Å². The van der Waals surface area contributed by atoms with E-state index in [1.54, 1.807) is 12.4 Å². The van der Waals surface area contributed by atoms with Crippen molar-refractivity contribution >= 4 is 83.6 Å². The van der Waals surface area contributed by atoms with E-state index in [4.69, 9.17) is 4.98 Å². The fraction of sp³-hybridized carbons (Fsp3) is 0. The minimum atomic E-state index is -3.52. The third-order valence-electron chi connectivity index (χ3n) is 8.72. The van der Waals surface area contributed by atoms with Crippen molar-refractivity contribution in [3.8, 4) is 0 Å². The first-order valence-corrected chi connectivity index (χ1v) is 16.3. The van der Waals surface area contributed by atoms with Gasteiger partial charge >= 0.3 is 248 Å². The summed E-state index contributed by atoms with van der Waals surface area (Å²) >= 11 is 0. The molecule has 4 heterocycles. The summed E-state index contributed by atoms with van der Waals surface area (Å²) in [6.07, 6.45) is 3.60. The number of benzene rings is 5. The summed E-state index contributed by atoms with van der Waals surface area (Å²) < 4.78 is 2.25. The van der Waals surface area contributed by atoms with Gasteiger partial charge in [0.1, 0.15) is 0 Å². The van der Waals surface area contributed by atoms with Crippen LogP contribution in [0.4, 0.5) is 0 Å². The van der Waals surface area contributed by atoms with Crippen LogP contribution < -0.4 is 15.9 Å². The summed E-state index contributed by atoms with van der Waals surface area (Å²) in [5.74, 6) is 0. The van der Waals surface area contributed by atoms with Crippen LogP contribution in [0.25, 0.3) is 60.2 Å². The SMILES string of the molecule is O[PH](c1ccc2ncccc2c1)(c1ccc2cccnc2c1)c1ccc2nc3c4ccccc4c4ccccc4n3c2c1. The van der Waals surface area contributed by atoms with Crippen LogP contribution in [0.3, 0.4) is 0 Å². The molecule has 4 aromatic heterocycles. The van der Waals surface area contributed by atoms with Crippen molar-refractivity contribution < 1.29 is 4.89 Å². The van der Waals surface area contributed by atoms with Gasteiger partial charge in [-0.1, -0.05) is 0 Å². The minimum absolute atomic E-state index is 0.863. The molecule has 0 aliphatic carbocycles. The number of aromatic nitrogens is 4. The van der Waals surface area contributed by atoms with Crippen LogP contribution in [0.1, 0.15) is 0 Å². The molecule has 0 amide bonds. The van der Waals surface area contributed by atoms with E-state index in [0.717, 1.165) is 65.3 Å². The van der Waals surface area contributed by atoms with Crippen molar-refractivity contribution in [1.29, 1.82) is 0 Å². The Hall–Kier alpha value is -5.22. The summed E-state index contributed by atoms with van der Waals surface area (Å²) in [7, 11) is -3.52. The molecule has 0 spiro atoms. The molecule has 9 rings (SSSR count). The fourth-order valence-electron chi connectivity index (χ4n) is 6.63. The van der Waals surface area contributed by atoms with Crippen LogP contribution in [-0.2, 0) is 0 Å². The molecule has 1 N–H and O–H groups in total. The monoisotopic (exact) mass is 572 g/mol. The van der Waals surface area contributed by atoms with Gasteiger partial charge in [-0.2, -0.15) is 0 Å². The van der Waals surface area contributed by atoms with Crippen LogP contribution in [-0.4, -0.2) is 24.2 Å². The predicted molar refractivity (Wildman–Crippen MR) is 181 cm³/mol. The Morgan fingerprint density at radius 3 is 2.00 bits per heavy atom. The van der Waals surface area contributed by atoms with Crippen LogP contribution in [0.5, 0.6) is 0 Å². The van der Waals surface area contributed by atoms with E-state index < -0.39 is 7.49 Å². The Labute approximate surface area is 247 Å². The topological polar surface area (TPSA) is 63.3 Å². The third-order valence-corrected chi connectivity index (χ3v) is 12.2. The van der Waals surface area contributed by atoms with Gasteiger partial charge in [0, 0.05) is 0 Å². The van der Waals surface area contributed by atoms with Gasteiger partial charge in [0.25, 0.3) is 0 Å². The van der Waals surface area contributed by atoms with Crippen molar-refractivity contribution in [3.05, 3.63) is 140 Å². The number of nitrogens with zero attached hydrogens (tertiary/aromatic N) is 4. The zero-order valence-corrected chi connectivity index (χ0v) is 24.0. The molecule has 0 saturated heterocycles. The first kappa shape index (κ1) is 24.4. The molecule has 43 heavy (non-hydrogen) atoms. The van der Waals surface area contributed by atoms with Gasteiger partial charge in [-0.3, -0.25) is 0 Å². The van der Waals surface area contributed by atoms with E-state index in [1.807, 2.05) is 36.4 Å². The van der Waals surface area contributed by atoms with Crippen LogP contribution in [0.15, 0.2) is 140 Å². The molecule has 0 saturated carbocycles. The molecule has 0 fully saturated rings. The Morgan fingerprint density at radius 1 is 0.488 bits per heavy atom. The molecule has 0 unspecified atom stereocenters. The number of fused-ring (bicyclic) bond motifs is 10. The summed E-state index contributed by atoms with van der Waals surface area (Å²) in [5.41, 5.74) is 5.64. The third kappa shape index (κ3) is 3.56. The molecular formula is C37H25N4OP. The quantitative estimate of drug-likeness (QED) is 0.186. The summed E-state index contributed by atoms with van der Waals surface area (Å²) in [5, 5.41) is 8.16. The number of hydrogen-bond donors (Lipinski definition) is 1. The van der Waals surface area contributed by atoms with Crippen molar-refractivity contribution in [1.82, 2.24) is 19.4 Å². The average Bonchev–Trinajstić information content (AvgIpc) is 3.47. The molecule has 5 aromatic carbocycles. The number of rotatable bonds is 3. The first-order chi connectivity index (χ1) is 21.2. The molecule has 0 bridgehead atoms. The van der Waals surface area contributed by atoms with Crippen LogP contribution >= 0.6 is 7.49 Å². The van der Waals surface area contributed by atoms with E-state index in [0.29, 0.717) is 0 Å². The van der Waals surface area contributed by atoms with Gasteiger partial charge < -0.3 is 0 Å². The van der Waals surface area contributed by atoms with Crippen LogP contribution in [0, 0.1) is 0 Å². The average molecular weight is 573 g/mol. The van der Waals surface area contributed by atoms with Crippen molar-refractivity contribution in [2.75, 3.05) is 0 Å². The Kier molecular flexibility index (Phi) is 5.18. The number of imidazole rings is 1. The number of hydrogen-bond acceptors (Lipinski definition) is 4. The molecule has 0 aliphatic heterocycles. The van der Waals surface area contributed by atoms with Gasteiger partial charge in [0.2, 0.25) is 0 Å². The van der Waals surface area contributed by atoms with Gasteiger partial charge in [-0.25, -0.2) is 0 Å². The zero-order chi connectivity index (χ0) is 28.5. The molecular weight excluding hydrogens is 547 g/mol. The molecule has 0 aliphatic rings. The van der Waals surface area contributed by atoms with Gasteiger partial charge in [0.15, 0.2) is 0 Å². The maximum absolute atomic E-state index is 13.2. The normalized spacial score (nSPS) is 12.7. The molecule has 0 radical (unpaired) electrons. The number of pyridine rings is 3. The molecule has 5 nitrogen and oxygen atoms in total. The zero-order valence-electron chi connectivity index (χ0n) is 23.0. The summed E-state index contributed by atoms with van der Waals surface area (Å²) in [6.45, 7) is 0. The van der Waals surface area contributed by atoms with Crippen molar-refractivity contribution in [2.24, 2.45) is 0 Å². The Morgan fingerprint density at radius 2 is 1.14 bits per heavy atom. The second-order valence-electron chi connectivity index (χ2n) is 11.1. The van der Waals surface area contributed by atoms with Gasteiger partial charge in [-0.15, -0.1) is 0 Å². The first-order valence-electron chi connectivity index (χ1n) is 14.3. The fourth-order valence-corrected chi connectivity index (χ4v) is 9.66. The van der Waals surface area contributed by atoms with Crippen LogP contribution in [0.2, 0.25) is 0 Å². The van der Waals surface area contributed by atoms with E-state index in [1.165, 1.54) is 10.8 Å². The molecule has 204 valence electrons.